The van der Waals surface area contributed by atoms with Crippen LogP contribution in [0.1, 0.15) is 24.0 Å². The van der Waals surface area contributed by atoms with E-state index in [1.807, 2.05) is 0 Å². The van der Waals surface area contributed by atoms with E-state index in [-0.39, 0.29) is 0 Å². The zero-order valence-electron chi connectivity index (χ0n) is 13.3. The molecule has 4 nitrogen and oxygen atoms in total. The van der Waals surface area contributed by atoms with Gasteiger partial charge in [-0.2, -0.15) is 0 Å². The monoisotopic (exact) mass is 290 g/mol. The smallest absolute Gasteiger partial charge is 0.161 e. The number of nitrogens with one attached hydrogen (secondary N) is 1. The molecule has 1 N–H and O–H groups in total. The fraction of sp³-hybridized carbons (Fsp3) is 0.647. The topological polar surface area (TPSA) is 33.7 Å². The van der Waals surface area contributed by atoms with E-state index in [9.17, 15) is 0 Å². The number of nitrogens with zero attached hydrogens (tertiary/aromatic N) is 1. The summed E-state index contributed by atoms with van der Waals surface area (Å²) in [5, 5.41) is 3.33. The Hall–Kier alpha value is -1.26. The van der Waals surface area contributed by atoms with Crippen molar-refractivity contribution in [3.8, 4) is 11.5 Å². The van der Waals surface area contributed by atoms with Crippen molar-refractivity contribution in [1.29, 1.82) is 0 Å². The van der Waals surface area contributed by atoms with E-state index in [1.165, 1.54) is 24.0 Å². The molecule has 116 valence electrons. The highest BCUT2D eigenvalue weighted by Crippen LogP contribution is 2.37. The van der Waals surface area contributed by atoms with E-state index in [1.54, 1.807) is 14.2 Å². The lowest BCUT2D eigenvalue weighted by Crippen LogP contribution is -2.51. The van der Waals surface area contributed by atoms with Crippen LogP contribution in [-0.4, -0.2) is 45.3 Å². The molecule has 21 heavy (non-hydrogen) atoms. The number of benzene rings is 1. The second kappa shape index (κ2) is 6.24. The maximum Gasteiger partial charge on any atom is 0.161 e. The number of ether oxygens (including phenoxy) is 2. The van der Waals surface area contributed by atoms with Gasteiger partial charge in [-0.3, -0.25) is 4.90 Å². The number of rotatable bonds is 5. The van der Waals surface area contributed by atoms with Gasteiger partial charge in [0.1, 0.15) is 0 Å². The number of methoxy groups -OCH3 is 2. The van der Waals surface area contributed by atoms with Gasteiger partial charge in [0, 0.05) is 19.1 Å². The lowest BCUT2D eigenvalue weighted by Gasteiger charge is -2.46. The highest BCUT2D eigenvalue weighted by Gasteiger charge is 2.36. The minimum atomic E-state index is 0.749. The Balaban J connectivity index is 1.76. The van der Waals surface area contributed by atoms with Crippen molar-refractivity contribution >= 4 is 0 Å². The van der Waals surface area contributed by atoms with Gasteiger partial charge in [-0.1, -0.05) is 0 Å². The molecule has 4 heteroatoms. The third-order valence-corrected chi connectivity index (χ3v) is 5.06. The van der Waals surface area contributed by atoms with Crippen LogP contribution < -0.4 is 14.8 Å². The molecule has 0 amide bonds. The Morgan fingerprint density at radius 2 is 1.86 bits per heavy atom. The molecule has 1 aromatic carbocycles. The van der Waals surface area contributed by atoms with Gasteiger partial charge in [0.2, 0.25) is 0 Å². The van der Waals surface area contributed by atoms with E-state index in [4.69, 9.17) is 9.47 Å². The van der Waals surface area contributed by atoms with Gasteiger partial charge in [0.05, 0.1) is 14.2 Å². The summed E-state index contributed by atoms with van der Waals surface area (Å²) in [5.74, 6) is 2.51. The summed E-state index contributed by atoms with van der Waals surface area (Å²) in [6.07, 6.45) is 3.81. The molecule has 0 saturated heterocycles. The molecule has 0 bridgehead atoms. The van der Waals surface area contributed by atoms with Crippen LogP contribution in [0.3, 0.4) is 0 Å². The van der Waals surface area contributed by atoms with Crippen molar-refractivity contribution in [3.63, 3.8) is 0 Å². The van der Waals surface area contributed by atoms with E-state index in [0.717, 1.165) is 49.5 Å². The van der Waals surface area contributed by atoms with Crippen molar-refractivity contribution in [2.45, 2.75) is 31.8 Å². The first-order valence-electron chi connectivity index (χ1n) is 7.89. The zero-order chi connectivity index (χ0) is 14.8. The lowest BCUT2D eigenvalue weighted by atomic mass is 9.77. The van der Waals surface area contributed by atoms with Gasteiger partial charge in [-0.05, 0) is 62.0 Å². The largest absolute Gasteiger partial charge is 0.493 e. The molecule has 1 aliphatic carbocycles. The van der Waals surface area contributed by atoms with E-state index >= 15 is 0 Å². The molecule has 1 heterocycles. The summed E-state index contributed by atoms with van der Waals surface area (Å²) >= 11 is 0. The fourth-order valence-corrected chi connectivity index (χ4v) is 3.72. The molecule has 1 aliphatic heterocycles. The van der Waals surface area contributed by atoms with Crippen LogP contribution in [0.5, 0.6) is 11.5 Å². The average Bonchev–Trinajstić information content (AvgIpc) is 2.50. The Kier molecular flexibility index (Phi) is 4.36. The van der Waals surface area contributed by atoms with Gasteiger partial charge >= 0.3 is 0 Å². The summed E-state index contributed by atoms with van der Waals surface area (Å²) in [6, 6.07) is 5.06. The maximum absolute atomic E-state index is 5.44. The van der Waals surface area contributed by atoms with Crippen LogP contribution in [0.25, 0.3) is 0 Å². The number of hydrogen-bond acceptors (Lipinski definition) is 4. The van der Waals surface area contributed by atoms with E-state index < -0.39 is 0 Å². The quantitative estimate of drug-likeness (QED) is 0.900. The lowest BCUT2D eigenvalue weighted by molar-refractivity contribution is 0.0520. The summed E-state index contributed by atoms with van der Waals surface area (Å²) in [6.45, 7) is 3.34. The first-order chi connectivity index (χ1) is 10.3. The summed E-state index contributed by atoms with van der Waals surface area (Å²) in [5.41, 5.74) is 2.81. The molecule has 2 aliphatic rings. The predicted octanol–water partition coefficient (Wildman–Crippen LogP) is 2.06. The molecular formula is C17H26N2O2. The highest BCUT2D eigenvalue weighted by atomic mass is 16.5. The Bertz CT molecular complexity index is 504. The number of hydrogen-bond donors (Lipinski definition) is 1. The first kappa shape index (κ1) is 14.7. The average molecular weight is 290 g/mol. The third-order valence-electron chi connectivity index (χ3n) is 5.06. The maximum atomic E-state index is 5.44. The predicted molar refractivity (Wildman–Crippen MR) is 84.1 cm³/mol. The zero-order valence-corrected chi connectivity index (χ0v) is 13.3. The van der Waals surface area contributed by atoms with Crippen molar-refractivity contribution in [1.82, 2.24) is 10.2 Å². The molecule has 1 fully saturated rings. The number of fused-ring (bicyclic) bond motifs is 1. The van der Waals surface area contributed by atoms with Crippen LogP contribution in [0.4, 0.5) is 0 Å². The van der Waals surface area contributed by atoms with Crippen molar-refractivity contribution in [2.75, 3.05) is 34.4 Å². The van der Waals surface area contributed by atoms with Gasteiger partial charge in [0.15, 0.2) is 11.5 Å². The van der Waals surface area contributed by atoms with Crippen LogP contribution in [0.2, 0.25) is 0 Å². The SMILES string of the molecule is CNCC1CCC1N1CCc2cc(OC)c(OC)cc2C1. The van der Waals surface area contributed by atoms with Gasteiger partial charge in [-0.25, -0.2) is 0 Å². The van der Waals surface area contributed by atoms with Crippen LogP contribution in [0, 0.1) is 5.92 Å². The van der Waals surface area contributed by atoms with Crippen molar-refractivity contribution < 1.29 is 9.47 Å². The van der Waals surface area contributed by atoms with Gasteiger partial charge in [-0.15, -0.1) is 0 Å². The molecule has 0 spiro atoms. The molecule has 2 unspecified atom stereocenters. The van der Waals surface area contributed by atoms with Crippen molar-refractivity contribution in [3.05, 3.63) is 23.3 Å². The molecule has 0 radical (unpaired) electrons. The van der Waals surface area contributed by atoms with E-state index in [0.29, 0.717) is 0 Å². The minimum absolute atomic E-state index is 0.749. The molecule has 1 saturated carbocycles. The summed E-state index contributed by atoms with van der Waals surface area (Å²) in [7, 11) is 5.47. The second-order valence-corrected chi connectivity index (χ2v) is 6.16. The standard InChI is InChI=1S/C17H26N2O2/c1-18-10-13-4-5-15(13)19-7-6-12-8-16(20-2)17(21-3)9-14(12)11-19/h8-9,13,15,18H,4-7,10-11H2,1-3H3. The molecule has 2 atom stereocenters. The molecule has 3 rings (SSSR count). The summed E-state index contributed by atoms with van der Waals surface area (Å²) < 4.78 is 10.9. The first-order valence-corrected chi connectivity index (χ1v) is 7.89. The van der Waals surface area contributed by atoms with Gasteiger partial charge in [0.25, 0.3) is 0 Å². The normalized spacial score (nSPS) is 25.1. The van der Waals surface area contributed by atoms with Crippen molar-refractivity contribution in [2.24, 2.45) is 5.92 Å². The van der Waals surface area contributed by atoms with E-state index in [2.05, 4.69) is 29.4 Å². The van der Waals surface area contributed by atoms with Crippen LogP contribution >= 0.6 is 0 Å². The Labute approximate surface area is 127 Å². The second-order valence-electron chi connectivity index (χ2n) is 6.16. The molecule has 1 aromatic rings. The Morgan fingerprint density at radius 3 is 2.43 bits per heavy atom. The molecular weight excluding hydrogens is 264 g/mol. The Morgan fingerprint density at radius 1 is 1.14 bits per heavy atom. The fourth-order valence-electron chi connectivity index (χ4n) is 3.72. The van der Waals surface area contributed by atoms with Gasteiger partial charge < -0.3 is 14.8 Å². The summed E-state index contributed by atoms with van der Waals surface area (Å²) in [4.78, 5) is 2.65. The van der Waals surface area contributed by atoms with Crippen LogP contribution in [0.15, 0.2) is 12.1 Å². The minimum Gasteiger partial charge on any atom is -0.493 e. The van der Waals surface area contributed by atoms with Crippen LogP contribution in [-0.2, 0) is 13.0 Å². The highest BCUT2D eigenvalue weighted by molar-refractivity contribution is 5.48. The third kappa shape index (κ3) is 2.74. The molecule has 0 aromatic heterocycles.